The van der Waals surface area contributed by atoms with Crippen LogP contribution in [0.15, 0.2) is 48.5 Å². The van der Waals surface area contributed by atoms with Crippen molar-refractivity contribution < 1.29 is 63.5 Å². The number of rotatable bonds is 18. The van der Waals surface area contributed by atoms with E-state index in [4.69, 9.17) is 28.4 Å². The van der Waals surface area contributed by atoms with Gasteiger partial charge in [-0.1, -0.05) is 12.1 Å². The van der Waals surface area contributed by atoms with Crippen molar-refractivity contribution in [2.75, 3.05) is 39.6 Å². The molecule has 3 aromatic rings. The summed E-state index contributed by atoms with van der Waals surface area (Å²) in [5.41, 5.74) is -3.55. The number of ether oxygens (including phenoxy) is 6. The zero-order valence-corrected chi connectivity index (χ0v) is 25.7. The standard InChI is InChI=1S/C34H34F8O6/c35-27-17-23(43-15-11-25-19-47-25)7-5-21(27)3-1-13-45-29-9-10-30(32(34(40,41)42)31(29)33(37,38)39)46-14-2-4-22-6-8-24(18-28(22)36)44-16-12-26-20-48-26/h5-10,17-18,25-26H,1-4,11-16,19-20H2. The summed E-state index contributed by atoms with van der Waals surface area (Å²) in [5.74, 6) is -2.61. The van der Waals surface area contributed by atoms with Gasteiger partial charge in [-0.05, 0) is 61.1 Å². The first-order valence-corrected chi connectivity index (χ1v) is 15.5. The van der Waals surface area contributed by atoms with E-state index in [-0.39, 0.29) is 49.0 Å². The lowest BCUT2D eigenvalue weighted by atomic mass is 10.0. The molecular formula is C34H34F8O6. The van der Waals surface area contributed by atoms with E-state index in [0.717, 1.165) is 12.1 Å². The first kappa shape index (κ1) is 35.5. The highest BCUT2D eigenvalue weighted by Gasteiger charge is 2.48. The van der Waals surface area contributed by atoms with Gasteiger partial charge in [-0.25, -0.2) is 8.78 Å². The lowest BCUT2D eigenvalue weighted by Gasteiger charge is -2.22. The van der Waals surface area contributed by atoms with Gasteiger partial charge in [0.05, 0.1) is 51.8 Å². The maximum absolute atomic E-state index is 14.5. The molecule has 0 amide bonds. The Kier molecular flexibility index (Phi) is 11.6. The molecule has 0 aliphatic carbocycles. The van der Waals surface area contributed by atoms with Crippen LogP contribution in [0.4, 0.5) is 35.1 Å². The predicted molar refractivity (Wildman–Crippen MR) is 157 cm³/mol. The van der Waals surface area contributed by atoms with Gasteiger partial charge in [0.2, 0.25) is 0 Å². The molecule has 0 spiro atoms. The van der Waals surface area contributed by atoms with E-state index in [0.29, 0.717) is 50.8 Å². The lowest BCUT2D eigenvalue weighted by molar-refractivity contribution is -0.164. The molecule has 0 aromatic heterocycles. The number of benzene rings is 3. The highest BCUT2D eigenvalue weighted by atomic mass is 19.4. The molecule has 2 atom stereocenters. The average Bonchev–Trinajstić information content (AvgIpc) is 3.95. The molecule has 0 radical (unpaired) electrons. The van der Waals surface area contributed by atoms with Crippen molar-refractivity contribution in [3.63, 3.8) is 0 Å². The molecule has 3 aromatic carbocycles. The summed E-state index contributed by atoms with van der Waals surface area (Å²) in [5, 5.41) is 0. The van der Waals surface area contributed by atoms with Crippen LogP contribution in [0.3, 0.4) is 0 Å². The molecule has 0 bridgehead atoms. The van der Waals surface area contributed by atoms with Crippen molar-refractivity contribution >= 4 is 0 Å². The number of alkyl halides is 6. The average molecular weight is 691 g/mol. The Balaban J connectivity index is 1.16. The second kappa shape index (κ2) is 15.6. The largest absolute Gasteiger partial charge is 0.493 e. The minimum absolute atomic E-state index is 0.0200. The molecule has 0 N–H and O–H groups in total. The quantitative estimate of drug-likeness (QED) is 0.0760. The zero-order valence-electron chi connectivity index (χ0n) is 25.7. The fourth-order valence-electron chi connectivity index (χ4n) is 4.98. The van der Waals surface area contributed by atoms with Gasteiger partial charge >= 0.3 is 12.4 Å². The summed E-state index contributed by atoms with van der Waals surface area (Å²) in [6.45, 7) is 1.22. The predicted octanol–water partition coefficient (Wildman–Crippen LogP) is 8.36. The van der Waals surface area contributed by atoms with Crippen LogP contribution in [0.5, 0.6) is 23.0 Å². The van der Waals surface area contributed by atoms with Crippen LogP contribution in [0.1, 0.15) is 47.9 Å². The first-order valence-electron chi connectivity index (χ1n) is 15.5. The van der Waals surface area contributed by atoms with Gasteiger partial charge in [-0.2, -0.15) is 26.3 Å². The van der Waals surface area contributed by atoms with Crippen molar-refractivity contribution in [3.05, 3.63) is 82.4 Å². The molecule has 2 aliphatic rings. The fourth-order valence-corrected chi connectivity index (χ4v) is 4.98. The lowest BCUT2D eigenvalue weighted by Crippen LogP contribution is -2.20. The van der Waals surface area contributed by atoms with Crippen LogP contribution in [-0.2, 0) is 34.7 Å². The molecule has 14 heteroatoms. The van der Waals surface area contributed by atoms with E-state index in [1.807, 2.05) is 0 Å². The highest BCUT2D eigenvalue weighted by molar-refractivity contribution is 5.52. The van der Waals surface area contributed by atoms with Gasteiger partial charge in [0.15, 0.2) is 0 Å². The number of hydrogen-bond donors (Lipinski definition) is 0. The molecule has 2 aliphatic heterocycles. The van der Waals surface area contributed by atoms with Crippen LogP contribution in [0, 0.1) is 11.6 Å². The molecule has 2 heterocycles. The minimum Gasteiger partial charge on any atom is -0.493 e. The van der Waals surface area contributed by atoms with E-state index in [1.54, 1.807) is 12.1 Å². The number of hydrogen-bond acceptors (Lipinski definition) is 6. The first-order chi connectivity index (χ1) is 22.9. The van der Waals surface area contributed by atoms with Crippen LogP contribution in [0.25, 0.3) is 0 Å². The van der Waals surface area contributed by atoms with Gasteiger partial charge in [-0.15, -0.1) is 0 Å². The molecule has 2 saturated heterocycles. The molecule has 5 rings (SSSR count). The minimum atomic E-state index is -5.44. The highest BCUT2D eigenvalue weighted by Crippen LogP contribution is 2.49. The monoisotopic (exact) mass is 690 g/mol. The van der Waals surface area contributed by atoms with Crippen molar-refractivity contribution in [2.45, 2.75) is 63.1 Å². The maximum atomic E-state index is 14.5. The van der Waals surface area contributed by atoms with Crippen molar-refractivity contribution in [2.24, 2.45) is 0 Å². The third kappa shape index (κ3) is 10.4. The Bertz CT molecular complexity index is 1410. The number of halogens is 8. The second-order valence-corrected chi connectivity index (χ2v) is 11.4. The van der Waals surface area contributed by atoms with E-state index in [2.05, 4.69) is 0 Å². The van der Waals surface area contributed by atoms with E-state index >= 15 is 0 Å². The topological polar surface area (TPSA) is 62.0 Å². The van der Waals surface area contributed by atoms with E-state index in [1.165, 1.54) is 24.3 Å². The summed E-state index contributed by atoms with van der Waals surface area (Å²) >= 11 is 0. The number of epoxide rings is 2. The van der Waals surface area contributed by atoms with Crippen molar-refractivity contribution in [1.29, 1.82) is 0 Å². The van der Waals surface area contributed by atoms with Crippen LogP contribution < -0.4 is 18.9 Å². The Morgan fingerprint density at radius 2 is 0.958 bits per heavy atom. The summed E-state index contributed by atoms with van der Waals surface area (Å²) in [4.78, 5) is 0. The molecule has 0 saturated carbocycles. The van der Waals surface area contributed by atoms with Gasteiger partial charge < -0.3 is 28.4 Å². The molecule has 2 unspecified atom stereocenters. The van der Waals surface area contributed by atoms with Gasteiger partial charge in [-0.3, -0.25) is 0 Å². The third-order valence-electron chi connectivity index (χ3n) is 7.66. The number of aryl methyl sites for hydroxylation is 2. The molecule has 2 fully saturated rings. The van der Waals surface area contributed by atoms with Crippen LogP contribution in [-0.4, -0.2) is 51.8 Å². The third-order valence-corrected chi connectivity index (χ3v) is 7.66. The molecule has 262 valence electrons. The summed E-state index contributed by atoms with van der Waals surface area (Å²) in [6.07, 6.45) is -9.05. The SMILES string of the molecule is Fc1cc(OCCC2CO2)ccc1CCCOc1ccc(OCCCc2ccc(OCCC3CO3)cc2F)c(C(F)(F)F)c1C(F)(F)F. The Morgan fingerprint density at radius 1 is 0.562 bits per heavy atom. The van der Waals surface area contributed by atoms with Gasteiger partial charge in [0.25, 0.3) is 0 Å². The van der Waals surface area contributed by atoms with Crippen LogP contribution >= 0.6 is 0 Å². The second-order valence-electron chi connectivity index (χ2n) is 11.4. The molecular weight excluding hydrogens is 656 g/mol. The summed E-state index contributed by atoms with van der Waals surface area (Å²) in [6, 6.07) is 9.96. The smallest absolute Gasteiger partial charge is 0.420 e. The summed E-state index contributed by atoms with van der Waals surface area (Å²) in [7, 11) is 0. The Labute approximate surface area is 271 Å². The normalized spacial score (nSPS) is 17.2. The van der Waals surface area contributed by atoms with Crippen LogP contribution in [0.2, 0.25) is 0 Å². The van der Waals surface area contributed by atoms with Crippen molar-refractivity contribution in [3.8, 4) is 23.0 Å². The molecule has 48 heavy (non-hydrogen) atoms. The fraction of sp³-hybridized carbons (Fsp3) is 0.471. The van der Waals surface area contributed by atoms with Gasteiger partial charge in [0.1, 0.15) is 45.8 Å². The van der Waals surface area contributed by atoms with E-state index in [9.17, 15) is 35.1 Å². The molecule has 6 nitrogen and oxygen atoms in total. The Morgan fingerprint density at radius 3 is 1.29 bits per heavy atom. The van der Waals surface area contributed by atoms with E-state index < -0.39 is 59.8 Å². The van der Waals surface area contributed by atoms with Gasteiger partial charge in [0, 0.05) is 25.0 Å². The summed E-state index contributed by atoms with van der Waals surface area (Å²) < 4.78 is 145. The van der Waals surface area contributed by atoms with Crippen molar-refractivity contribution in [1.82, 2.24) is 0 Å². The maximum Gasteiger partial charge on any atom is 0.420 e. The Hall–Kier alpha value is -3.78. The zero-order chi connectivity index (χ0) is 34.3.